The molecule has 17 heavy (non-hydrogen) atoms. The first-order valence-electron chi connectivity index (χ1n) is 7.36. The van der Waals surface area contributed by atoms with Crippen LogP contribution in [0.4, 0.5) is 0 Å². The summed E-state index contributed by atoms with van der Waals surface area (Å²) in [6, 6.07) is 0.694. The van der Waals surface area contributed by atoms with Crippen molar-refractivity contribution in [1.82, 2.24) is 10.2 Å². The van der Waals surface area contributed by atoms with Gasteiger partial charge in [0.25, 0.3) is 0 Å². The van der Waals surface area contributed by atoms with Gasteiger partial charge in [-0.25, -0.2) is 0 Å². The molecule has 0 aromatic carbocycles. The van der Waals surface area contributed by atoms with E-state index in [4.69, 9.17) is 5.11 Å². The first kappa shape index (κ1) is 14.9. The summed E-state index contributed by atoms with van der Waals surface area (Å²) < 4.78 is 0. The van der Waals surface area contributed by atoms with Crippen molar-refractivity contribution >= 4 is 0 Å². The number of hydrogen-bond acceptors (Lipinski definition) is 3. The molecule has 1 heterocycles. The second-order valence-corrected chi connectivity index (χ2v) is 5.26. The number of aliphatic hydroxyl groups excluding tert-OH is 1. The third kappa shape index (κ3) is 5.84. The zero-order chi connectivity index (χ0) is 12.5. The van der Waals surface area contributed by atoms with Crippen LogP contribution in [0.2, 0.25) is 0 Å². The maximum atomic E-state index is 8.98. The smallest absolute Gasteiger partial charge is 0.0434 e. The number of aliphatic hydroxyl groups is 1. The molecule has 3 heteroatoms. The van der Waals surface area contributed by atoms with E-state index in [9.17, 15) is 0 Å². The van der Waals surface area contributed by atoms with Gasteiger partial charge in [0.2, 0.25) is 0 Å². The first-order chi connectivity index (χ1) is 8.30. The summed E-state index contributed by atoms with van der Waals surface area (Å²) in [6.07, 6.45) is 6.02. The molecule has 3 nitrogen and oxygen atoms in total. The van der Waals surface area contributed by atoms with Gasteiger partial charge in [0.15, 0.2) is 0 Å². The van der Waals surface area contributed by atoms with E-state index in [1.807, 2.05) is 0 Å². The molecule has 1 aliphatic heterocycles. The molecular formula is C14H30N2O. The molecule has 0 aliphatic carbocycles. The normalized spacial score (nSPS) is 24.5. The zero-order valence-corrected chi connectivity index (χ0v) is 11.6. The lowest BCUT2D eigenvalue weighted by atomic mass is 10.0. The van der Waals surface area contributed by atoms with Crippen molar-refractivity contribution < 1.29 is 5.11 Å². The molecule has 2 N–H and O–H groups in total. The van der Waals surface area contributed by atoms with Crippen molar-refractivity contribution in [3.8, 4) is 0 Å². The molecule has 1 aliphatic rings. The zero-order valence-electron chi connectivity index (χ0n) is 11.6. The Labute approximate surface area is 107 Å². The van der Waals surface area contributed by atoms with Crippen molar-refractivity contribution in [1.29, 1.82) is 0 Å². The summed E-state index contributed by atoms with van der Waals surface area (Å²) in [5.74, 6) is 0.644. The fourth-order valence-electron chi connectivity index (χ4n) is 2.64. The van der Waals surface area contributed by atoms with E-state index >= 15 is 0 Å². The number of hydrogen-bond donors (Lipinski definition) is 2. The van der Waals surface area contributed by atoms with Gasteiger partial charge in [0, 0.05) is 12.6 Å². The second-order valence-electron chi connectivity index (χ2n) is 5.26. The molecule has 2 unspecified atom stereocenters. The highest BCUT2D eigenvalue weighted by Crippen LogP contribution is 2.12. The van der Waals surface area contributed by atoms with Crippen molar-refractivity contribution in [2.24, 2.45) is 5.92 Å². The molecule has 0 radical (unpaired) electrons. The lowest BCUT2D eigenvalue weighted by molar-refractivity contribution is 0.246. The minimum atomic E-state index is 0.328. The van der Waals surface area contributed by atoms with Crippen LogP contribution in [-0.2, 0) is 0 Å². The van der Waals surface area contributed by atoms with Gasteiger partial charge in [0.1, 0.15) is 0 Å². The van der Waals surface area contributed by atoms with Crippen LogP contribution in [0.25, 0.3) is 0 Å². The average Bonchev–Trinajstić information content (AvgIpc) is 2.59. The third-order valence-electron chi connectivity index (χ3n) is 4.08. The van der Waals surface area contributed by atoms with Crippen LogP contribution in [0, 0.1) is 5.92 Å². The van der Waals surface area contributed by atoms with Crippen LogP contribution in [-0.4, -0.2) is 48.8 Å². The van der Waals surface area contributed by atoms with Gasteiger partial charge >= 0.3 is 0 Å². The minimum Gasteiger partial charge on any atom is -0.396 e. The Bertz CT molecular complexity index is 187. The quantitative estimate of drug-likeness (QED) is 0.715. The van der Waals surface area contributed by atoms with Crippen LogP contribution < -0.4 is 5.32 Å². The molecule has 1 fully saturated rings. The van der Waals surface area contributed by atoms with Crippen molar-refractivity contribution in [2.75, 3.05) is 32.8 Å². The molecular weight excluding hydrogens is 212 g/mol. The van der Waals surface area contributed by atoms with Gasteiger partial charge in [-0.1, -0.05) is 20.3 Å². The van der Waals surface area contributed by atoms with E-state index in [2.05, 4.69) is 24.1 Å². The fourth-order valence-corrected chi connectivity index (χ4v) is 2.64. The summed E-state index contributed by atoms with van der Waals surface area (Å²) in [4.78, 5) is 2.55. The van der Waals surface area contributed by atoms with Gasteiger partial charge in [0.05, 0.1) is 0 Å². The molecule has 0 amide bonds. The molecule has 1 saturated heterocycles. The van der Waals surface area contributed by atoms with Gasteiger partial charge in [-0.2, -0.15) is 0 Å². The number of rotatable bonds is 7. The van der Waals surface area contributed by atoms with Gasteiger partial charge in [-0.05, 0) is 57.8 Å². The number of likely N-dealkylation sites (tertiary alicyclic amines) is 1. The van der Waals surface area contributed by atoms with Crippen LogP contribution in [0.5, 0.6) is 0 Å². The first-order valence-corrected chi connectivity index (χ1v) is 7.36. The predicted molar refractivity (Wildman–Crippen MR) is 73.2 cm³/mol. The molecule has 1 rings (SSSR count). The SMILES string of the molecule is CCC(CCO)CNC1CCCN(CC)CC1. The lowest BCUT2D eigenvalue weighted by Gasteiger charge is -2.21. The molecule has 0 aromatic rings. The highest BCUT2D eigenvalue weighted by molar-refractivity contribution is 4.75. The van der Waals surface area contributed by atoms with E-state index in [0.717, 1.165) is 13.0 Å². The highest BCUT2D eigenvalue weighted by Gasteiger charge is 2.16. The topological polar surface area (TPSA) is 35.5 Å². The van der Waals surface area contributed by atoms with Crippen molar-refractivity contribution in [3.05, 3.63) is 0 Å². The molecule has 102 valence electrons. The summed E-state index contributed by atoms with van der Waals surface area (Å²) in [5.41, 5.74) is 0. The minimum absolute atomic E-state index is 0.328. The summed E-state index contributed by atoms with van der Waals surface area (Å²) in [5, 5.41) is 12.7. The van der Waals surface area contributed by atoms with Crippen LogP contribution >= 0.6 is 0 Å². The monoisotopic (exact) mass is 242 g/mol. The maximum Gasteiger partial charge on any atom is 0.0434 e. The van der Waals surface area contributed by atoms with Crippen molar-refractivity contribution in [3.63, 3.8) is 0 Å². The average molecular weight is 242 g/mol. The maximum absolute atomic E-state index is 8.98. The number of nitrogens with one attached hydrogen (secondary N) is 1. The van der Waals surface area contributed by atoms with Crippen molar-refractivity contribution in [2.45, 2.75) is 52.0 Å². The summed E-state index contributed by atoms with van der Waals surface area (Å²) in [6.45, 7) is 9.57. The van der Waals surface area contributed by atoms with Crippen LogP contribution in [0.15, 0.2) is 0 Å². The Kier molecular flexibility index (Phi) is 7.82. The van der Waals surface area contributed by atoms with E-state index in [-0.39, 0.29) is 0 Å². The standard InChI is InChI=1S/C14H30N2O/c1-3-13(8-11-17)12-15-14-6-5-9-16(4-2)10-7-14/h13-15,17H,3-12H2,1-2H3. The molecule has 0 spiro atoms. The van der Waals surface area contributed by atoms with Crippen LogP contribution in [0.3, 0.4) is 0 Å². The molecule has 0 aromatic heterocycles. The largest absolute Gasteiger partial charge is 0.396 e. The van der Waals surface area contributed by atoms with E-state index in [0.29, 0.717) is 18.6 Å². The second kappa shape index (κ2) is 8.90. The van der Waals surface area contributed by atoms with Gasteiger partial charge in [-0.15, -0.1) is 0 Å². The molecule has 2 atom stereocenters. The molecule has 0 saturated carbocycles. The Morgan fingerprint density at radius 1 is 1.29 bits per heavy atom. The van der Waals surface area contributed by atoms with Gasteiger partial charge < -0.3 is 15.3 Å². The Morgan fingerprint density at radius 3 is 2.76 bits per heavy atom. The lowest BCUT2D eigenvalue weighted by Crippen LogP contribution is -2.34. The van der Waals surface area contributed by atoms with Gasteiger partial charge in [-0.3, -0.25) is 0 Å². The Hall–Kier alpha value is -0.120. The predicted octanol–water partition coefficient (Wildman–Crippen LogP) is 1.86. The van der Waals surface area contributed by atoms with E-state index in [1.165, 1.54) is 45.3 Å². The van der Waals surface area contributed by atoms with E-state index < -0.39 is 0 Å². The molecule has 0 bridgehead atoms. The Morgan fingerprint density at radius 2 is 2.12 bits per heavy atom. The highest BCUT2D eigenvalue weighted by atomic mass is 16.3. The fraction of sp³-hybridized carbons (Fsp3) is 1.00. The summed E-state index contributed by atoms with van der Waals surface area (Å²) >= 11 is 0. The Balaban J connectivity index is 2.22. The third-order valence-corrected chi connectivity index (χ3v) is 4.08. The summed E-state index contributed by atoms with van der Waals surface area (Å²) in [7, 11) is 0. The van der Waals surface area contributed by atoms with Crippen LogP contribution in [0.1, 0.15) is 46.0 Å². The van der Waals surface area contributed by atoms with E-state index in [1.54, 1.807) is 0 Å². The number of nitrogens with zero attached hydrogens (tertiary/aromatic N) is 1.